The van der Waals surface area contributed by atoms with Gasteiger partial charge in [-0.1, -0.05) is 12.1 Å². The largest absolute Gasteiger partial charge is 0.389 e. The van der Waals surface area contributed by atoms with Gasteiger partial charge in [-0.2, -0.15) is 0 Å². The van der Waals surface area contributed by atoms with Gasteiger partial charge in [0.25, 0.3) is 0 Å². The molecule has 0 heterocycles. The van der Waals surface area contributed by atoms with Gasteiger partial charge in [-0.25, -0.2) is 4.79 Å². The van der Waals surface area contributed by atoms with Crippen molar-refractivity contribution in [2.24, 2.45) is 5.73 Å². The van der Waals surface area contributed by atoms with E-state index >= 15 is 0 Å². The number of aliphatic hydroxyl groups excluding tert-OH is 1. The van der Waals surface area contributed by atoms with Crippen LogP contribution in [0.2, 0.25) is 0 Å². The molecule has 0 aliphatic carbocycles. The molecule has 0 spiro atoms. The first-order valence-corrected chi connectivity index (χ1v) is 6.10. The van der Waals surface area contributed by atoms with Crippen molar-refractivity contribution < 1.29 is 14.7 Å². The molecule has 0 aliphatic heterocycles. The fourth-order valence-electron chi connectivity index (χ4n) is 1.48. The van der Waals surface area contributed by atoms with Gasteiger partial charge in [0.2, 0.25) is 5.91 Å². The van der Waals surface area contributed by atoms with Crippen LogP contribution in [0.4, 0.5) is 10.5 Å². The average molecular weight is 265 g/mol. The molecule has 1 unspecified atom stereocenters. The number of hydrogen-bond donors (Lipinski definition) is 4. The number of primary amides is 1. The lowest BCUT2D eigenvalue weighted by molar-refractivity contribution is -0.118. The van der Waals surface area contributed by atoms with E-state index in [9.17, 15) is 14.7 Å². The number of hydrogen-bond acceptors (Lipinski definition) is 3. The third-order valence-electron chi connectivity index (χ3n) is 2.54. The van der Waals surface area contributed by atoms with Crippen molar-refractivity contribution in [3.8, 4) is 0 Å². The van der Waals surface area contributed by atoms with Crippen molar-refractivity contribution in [2.45, 2.75) is 25.9 Å². The predicted molar refractivity (Wildman–Crippen MR) is 72.5 cm³/mol. The molecule has 0 radical (unpaired) electrons. The molecular weight excluding hydrogens is 246 g/mol. The van der Waals surface area contributed by atoms with Gasteiger partial charge >= 0.3 is 6.03 Å². The molecule has 6 nitrogen and oxygen atoms in total. The summed E-state index contributed by atoms with van der Waals surface area (Å²) in [6.45, 7) is 2.06. The lowest BCUT2D eigenvalue weighted by Crippen LogP contribution is -2.30. The average Bonchev–Trinajstić information content (AvgIpc) is 2.35. The molecule has 0 bridgehead atoms. The number of urea groups is 1. The molecule has 0 saturated carbocycles. The number of nitrogens with two attached hydrogens (primary N) is 1. The molecule has 19 heavy (non-hydrogen) atoms. The highest BCUT2D eigenvalue weighted by Gasteiger charge is 2.03. The van der Waals surface area contributed by atoms with Gasteiger partial charge in [-0.3, -0.25) is 4.79 Å². The van der Waals surface area contributed by atoms with Gasteiger partial charge in [0.1, 0.15) is 0 Å². The van der Waals surface area contributed by atoms with Crippen LogP contribution in [0, 0.1) is 0 Å². The minimum Gasteiger partial charge on any atom is -0.389 e. The Bertz CT molecular complexity index is 429. The summed E-state index contributed by atoms with van der Waals surface area (Å²) in [5.41, 5.74) is 6.40. The number of rotatable bonds is 6. The summed E-state index contributed by atoms with van der Waals surface area (Å²) in [5.74, 6) is -0.379. The number of aliphatic hydroxyl groups is 1. The summed E-state index contributed by atoms with van der Waals surface area (Å²) in [7, 11) is 0. The highest BCUT2D eigenvalue weighted by Crippen LogP contribution is 2.15. The maximum absolute atomic E-state index is 11.5. The molecule has 1 atom stereocenters. The smallest absolute Gasteiger partial charge is 0.319 e. The highest BCUT2D eigenvalue weighted by molar-refractivity contribution is 5.89. The van der Waals surface area contributed by atoms with Crippen LogP contribution < -0.4 is 16.4 Å². The SMILES string of the molecule is CC(O)c1ccc(NC(=O)NCCCC(N)=O)cc1. The normalized spacial score (nSPS) is 11.7. The standard InChI is InChI=1S/C13H19N3O3/c1-9(17)10-4-6-11(7-5-10)16-13(19)15-8-2-3-12(14)18/h4-7,9,17H,2-3,8H2,1H3,(H2,14,18)(H2,15,16,19). The second kappa shape index (κ2) is 7.38. The fraction of sp³-hybridized carbons (Fsp3) is 0.385. The van der Waals surface area contributed by atoms with Crippen molar-refractivity contribution in [3.63, 3.8) is 0 Å². The zero-order chi connectivity index (χ0) is 14.3. The van der Waals surface area contributed by atoms with Crippen LogP contribution in [0.1, 0.15) is 31.4 Å². The molecule has 5 N–H and O–H groups in total. The Morgan fingerprint density at radius 1 is 1.32 bits per heavy atom. The van der Waals surface area contributed by atoms with E-state index in [4.69, 9.17) is 5.73 Å². The van der Waals surface area contributed by atoms with Crippen LogP contribution in [0.15, 0.2) is 24.3 Å². The molecule has 3 amide bonds. The lowest BCUT2D eigenvalue weighted by Gasteiger charge is -2.09. The number of nitrogens with one attached hydrogen (secondary N) is 2. The first kappa shape index (κ1) is 15.0. The van der Waals surface area contributed by atoms with E-state index in [0.717, 1.165) is 5.56 Å². The van der Waals surface area contributed by atoms with E-state index in [-0.39, 0.29) is 18.4 Å². The second-order valence-corrected chi connectivity index (χ2v) is 4.25. The fourth-order valence-corrected chi connectivity index (χ4v) is 1.48. The Hall–Kier alpha value is -2.08. The monoisotopic (exact) mass is 265 g/mol. The maximum Gasteiger partial charge on any atom is 0.319 e. The summed E-state index contributed by atoms with van der Waals surface area (Å²) < 4.78 is 0. The van der Waals surface area contributed by atoms with Crippen LogP contribution in [0.5, 0.6) is 0 Å². The first-order valence-electron chi connectivity index (χ1n) is 6.10. The van der Waals surface area contributed by atoms with Crippen LogP contribution >= 0.6 is 0 Å². The minimum absolute atomic E-state index is 0.253. The van der Waals surface area contributed by atoms with E-state index in [0.29, 0.717) is 18.7 Å². The van der Waals surface area contributed by atoms with Crippen molar-refractivity contribution in [2.75, 3.05) is 11.9 Å². The van der Waals surface area contributed by atoms with E-state index < -0.39 is 6.10 Å². The Labute approximate surface area is 112 Å². The van der Waals surface area contributed by atoms with E-state index in [2.05, 4.69) is 10.6 Å². The number of amides is 3. The summed E-state index contributed by atoms with van der Waals surface area (Å²) in [6.07, 6.45) is 0.240. The molecule has 0 aromatic heterocycles. The van der Waals surface area contributed by atoms with Gasteiger partial charge in [0.05, 0.1) is 6.10 Å². The minimum atomic E-state index is -0.531. The number of carbonyl (C=O) groups excluding carboxylic acids is 2. The van der Waals surface area contributed by atoms with E-state index in [1.165, 1.54) is 0 Å². The molecule has 1 aromatic rings. The Kier molecular flexibility index (Phi) is 5.81. The molecule has 6 heteroatoms. The van der Waals surface area contributed by atoms with Gasteiger partial charge < -0.3 is 21.5 Å². The number of anilines is 1. The lowest BCUT2D eigenvalue weighted by atomic mass is 10.1. The molecule has 104 valence electrons. The van der Waals surface area contributed by atoms with Crippen LogP contribution in [0.25, 0.3) is 0 Å². The second-order valence-electron chi connectivity index (χ2n) is 4.25. The van der Waals surface area contributed by atoms with Gasteiger partial charge in [-0.05, 0) is 31.0 Å². The number of benzene rings is 1. The molecule has 1 rings (SSSR count). The van der Waals surface area contributed by atoms with Crippen molar-refractivity contribution in [1.29, 1.82) is 0 Å². The molecule has 0 aliphatic rings. The topological polar surface area (TPSA) is 104 Å². The van der Waals surface area contributed by atoms with Gasteiger partial charge in [0, 0.05) is 18.7 Å². The summed E-state index contributed by atoms with van der Waals surface area (Å²) in [4.78, 5) is 22.0. The summed E-state index contributed by atoms with van der Waals surface area (Å²) in [5, 5.41) is 14.6. The summed E-state index contributed by atoms with van der Waals surface area (Å²) in [6, 6.07) is 6.57. The molecular formula is C13H19N3O3. The zero-order valence-electron chi connectivity index (χ0n) is 10.8. The molecule has 0 saturated heterocycles. The quantitative estimate of drug-likeness (QED) is 0.579. The zero-order valence-corrected chi connectivity index (χ0v) is 10.8. The predicted octanol–water partition coefficient (Wildman–Crippen LogP) is 1.13. The number of carbonyl (C=O) groups is 2. The van der Waals surface area contributed by atoms with Crippen LogP contribution in [0.3, 0.4) is 0 Å². The maximum atomic E-state index is 11.5. The van der Waals surface area contributed by atoms with Crippen LogP contribution in [-0.4, -0.2) is 23.6 Å². The third-order valence-corrected chi connectivity index (χ3v) is 2.54. The summed E-state index contributed by atoms with van der Waals surface area (Å²) >= 11 is 0. The Balaban J connectivity index is 2.33. The highest BCUT2D eigenvalue weighted by atomic mass is 16.3. The third kappa shape index (κ3) is 5.87. The molecule has 1 aromatic carbocycles. The first-order chi connectivity index (χ1) is 8.99. The van der Waals surface area contributed by atoms with Crippen molar-refractivity contribution in [3.05, 3.63) is 29.8 Å². The van der Waals surface area contributed by atoms with E-state index in [1.807, 2.05) is 0 Å². The van der Waals surface area contributed by atoms with Crippen LogP contribution in [-0.2, 0) is 4.79 Å². The van der Waals surface area contributed by atoms with Gasteiger partial charge in [-0.15, -0.1) is 0 Å². The Morgan fingerprint density at radius 3 is 2.47 bits per heavy atom. The Morgan fingerprint density at radius 2 is 1.95 bits per heavy atom. The molecule has 0 fully saturated rings. The van der Waals surface area contributed by atoms with Crippen molar-refractivity contribution in [1.82, 2.24) is 5.32 Å². The van der Waals surface area contributed by atoms with E-state index in [1.54, 1.807) is 31.2 Å². The van der Waals surface area contributed by atoms with Crippen molar-refractivity contribution >= 4 is 17.6 Å². The van der Waals surface area contributed by atoms with Gasteiger partial charge in [0.15, 0.2) is 0 Å².